The van der Waals surface area contributed by atoms with Gasteiger partial charge in [0.15, 0.2) is 0 Å². The number of nitrogens with one attached hydrogen (secondary N) is 2. The molecule has 0 saturated carbocycles. The molecule has 0 bridgehead atoms. The van der Waals surface area contributed by atoms with Gasteiger partial charge in [-0.3, -0.25) is 4.79 Å². The Bertz CT molecular complexity index is 1020. The van der Waals surface area contributed by atoms with Gasteiger partial charge in [-0.1, -0.05) is 6.07 Å². The second-order valence-electron chi connectivity index (χ2n) is 7.11. The fraction of sp³-hybridized carbons (Fsp3) is 0.350. The van der Waals surface area contributed by atoms with Gasteiger partial charge in [-0.25, -0.2) is 12.8 Å². The molecule has 1 saturated heterocycles. The molecule has 0 spiro atoms. The minimum absolute atomic E-state index is 0.271. The molecule has 0 atom stereocenters. The number of carbonyl (C=O) groups excluding carboxylic acids is 1. The topological polar surface area (TPSA) is 78.5 Å². The summed E-state index contributed by atoms with van der Waals surface area (Å²) in [5.74, 6) is -1.18. The molecule has 0 unspecified atom stereocenters. The maximum Gasteiger partial charge on any atom is 0.416 e. The molecular weight excluding hydrogens is 438 g/mol. The third kappa shape index (κ3) is 5.81. The summed E-state index contributed by atoms with van der Waals surface area (Å²) in [6, 6.07) is 7.83. The number of alkyl halides is 3. The highest BCUT2D eigenvalue weighted by Crippen LogP contribution is 2.32. The van der Waals surface area contributed by atoms with Crippen LogP contribution >= 0.6 is 0 Å². The van der Waals surface area contributed by atoms with Gasteiger partial charge in [0.25, 0.3) is 0 Å². The van der Waals surface area contributed by atoms with Gasteiger partial charge >= 0.3 is 6.18 Å². The predicted molar refractivity (Wildman–Crippen MR) is 106 cm³/mol. The van der Waals surface area contributed by atoms with Crippen molar-refractivity contribution in [2.75, 3.05) is 25.0 Å². The van der Waals surface area contributed by atoms with E-state index in [1.807, 2.05) is 0 Å². The number of benzene rings is 2. The van der Waals surface area contributed by atoms with Gasteiger partial charge in [-0.2, -0.15) is 17.5 Å². The molecule has 11 heteroatoms. The van der Waals surface area contributed by atoms with Crippen LogP contribution in [0.4, 0.5) is 23.2 Å². The van der Waals surface area contributed by atoms with Crippen LogP contribution in [-0.4, -0.2) is 44.3 Å². The molecule has 168 valence electrons. The standard InChI is InChI=1S/C20H21F4N3O3S/c21-15-4-6-16(7-5-15)26-19(28)13-27(17-8-10-25-11-9-17)31(29,30)18-3-1-2-14(12-18)20(22,23)24/h1-7,12,17,25H,8-11,13H2,(H,26,28). The maximum atomic E-state index is 13.3. The number of hydrogen-bond acceptors (Lipinski definition) is 4. The van der Waals surface area contributed by atoms with E-state index in [-0.39, 0.29) is 5.69 Å². The molecule has 2 aromatic rings. The van der Waals surface area contributed by atoms with Crippen molar-refractivity contribution in [1.29, 1.82) is 0 Å². The smallest absolute Gasteiger partial charge is 0.325 e. The van der Waals surface area contributed by atoms with Crippen molar-refractivity contribution in [2.45, 2.75) is 30.0 Å². The third-order valence-electron chi connectivity index (χ3n) is 4.91. The minimum Gasteiger partial charge on any atom is -0.325 e. The number of hydrogen-bond donors (Lipinski definition) is 2. The Labute approximate surface area is 177 Å². The highest BCUT2D eigenvalue weighted by atomic mass is 32.2. The lowest BCUT2D eigenvalue weighted by atomic mass is 10.1. The van der Waals surface area contributed by atoms with Crippen molar-refractivity contribution in [3.63, 3.8) is 0 Å². The van der Waals surface area contributed by atoms with Gasteiger partial charge in [0, 0.05) is 11.7 Å². The van der Waals surface area contributed by atoms with Crippen LogP contribution < -0.4 is 10.6 Å². The molecule has 1 heterocycles. The zero-order valence-corrected chi connectivity index (χ0v) is 17.1. The molecular formula is C20H21F4N3O3S. The van der Waals surface area contributed by atoms with E-state index in [0.29, 0.717) is 32.0 Å². The van der Waals surface area contributed by atoms with Gasteiger partial charge in [0.2, 0.25) is 15.9 Å². The lowest BCUT2D eigenvalue weighted by Crippen LogP contribution is -2.49. The van der Waals surface area contributed by atoms with Crippen LogP contribution in [0.2, 0.25) is 0 Å². The Balaban J connectivity index is 1.89. The monoisotopic (exact) mass is 459 g/mol. The van der Waals surface area contributed by atoms with Crippen LogP contribution in [-0.2, 0) is 21.0 Å². The summed E-state index contributed by atoms with van der Waals surface area (Å²) in [5, 5.41) is 5.57. The Kier molecular flexibility index (Phi) is 6.97. The summed E-state index contributed by atoms with van der Waals surface area (Å²) < 4.78 is 79.8. The van der Waals surface area contributed by atoms with Crippen LogP contribution in [0, 0.1) is 5.82 Å². The first-order valence-electron chi connectivity index (χ1n) is 9.52. The molecule has 2 aromatic carbocycles. The third-order valence-corrected chi connectivity index (χ3v) is 6.81. The SMILES string of the molecule is O=C(CN(C1CCNCC1)S(=O)(=O)c1cccc(C(F)(F)F)c1)Nc1ccc(F)cc1. The molecule has 1 aliphatic heterocycles. The zero-order chi connectivity index (χ0) is 22.6. The lowest BCUT2D eigenvalue weighted by molar-refractivity contribution is -0.137. The van der Waals surface area contributed by atoms with Crippen molar-refractivity contribution < 1.29 is 30.8 Å². The Hall–Kier alpha value is -2.50. The second-order valence-corrected chi connectivity index (χ2v) is 9.00. The van der Waals surface area contributed by atoms with Gasteiger partial charge in [-0.05, 0) is 68.4 Å². The molecule has 0 radical (unpaired) electrons. The van der Waals surface area contributed by atoms with E-state index in [0.717, 1.165) is 34.6 Å². The average molecular weight is 459 g/mol. The van der Waals surface area contributed by atoms with Crippen LogP contribution in [0.1, 0.15) is 18.4 Å². The number of sulfonamides is 1. The van der Waals surface area contributed by atoms with Gasteiger partial charge < -0.3 is 10.6 Å². The summed E-state index contributed by atoms with van der Waals surface area (Å²) >= 11 is 0. The first-order chi connectivity index (χ1) is 14.6. The van der Waals surface area contributed by atoms with Crippen LogP contribution in [0.3, 0.4) is 0 Å². The predicted octanol–water partition coefficient (Wildman–Crippen LogP) is 3.23. The highest BCUT2D eigenvalue weighted by Gasteiger charge is 2.36. The normalized spacial score (nSPS) is 15.8. The van der Waals surface area contributed by atoms with Crippen molar-refractivity contribution in [3.8, 4) is 0 Å². The molecule has 31 heavy (non-hydrogen) atoms. The number of anilines is 1. The van der Waals surface area contributed by atoms with E-state index in [1.54, 1.807) is 0 Å². The summed E-state index contributed by atoms with van der Waals surface area (Å²) in [6.45, 7) is 0.443. The Morgan fingerprint density at radius 2 is 1.74 bits per heavy atom. The van der Waals surface area contributed by atoms with E-state index in [9.17, 15) is 30.8 Å². The highest BCUT2D eigenvalue weighted by molar-refractivity contribution is 7.89. The fourth-order valence-corrected chi connectivity index (χ4v) is 5.04. The van der Waals surface area contributed by atoms with E-state index in [4.69, 9.17) is 0 Å². The molecule has 1 fully saturated rings. The van der Waals surface area contributed by atoms with Gasteiger partial charge in [0.05, 0.1) is 17.0 Å². The van der Waals surface area contributed by atoms with E-state index < -0.39 is 51.0 Å². The average Bonchev–Trinajstić information content (AvgIpc) is 2.74. The molecule has 0 aromatic heterocycles. The molecule has 0 aliphatic carbocycles. The number of nitrogens with zero attached hydrogens (tertiary/aromatic N) is 1. The van der Waals surface area contributed by atoms with Crippen LogP contribution in [0.15, 0.2) is 53.4 Å². The number of amides is 1. The summed E-state index contributed by atoms with van der Waals surface area (Å²) in [4.78, 5) is 12.0. The van der Waals surface area contributed by atoms with Crippen molar-refractivity contribution >= 4 is 21.6 Å². The maximum absolute atomic E-state index is 13.3. The number of rotatable bonds is 6. The van der Waals surface area contributed by atoms with E-state index in [2.05, 4.69) is 10.6 Å². The zero-order valence-electron chi connectivity index (χ0n) is 16.3. The summed E-state index contributed by atoms with van der Waals surface area (Å²) in [7, 11) is -4.39. The van der Waals surface area contributed by atoms with E-state index in [1.165, 1.54) is 12.1 Å². The molecule has 2 N–H and O–H groups in total. The lowest BCUT2D eigenvalue weighted by Gasteiger charge is -2.33. The van der Waals surface area contributed by atoms with Gasteiger partial charge in [-0.15, -0.1) is 0 Å². The largest absolute Gasteiger partial charge is 0.416 e. The molecule has 1 aliphatic rings. The van der Waals surface area contributed by atoms with Crippen molar-refractivity contribution in [1.82, 2.24) is 9.62 Å². The first-order valence-corrected chi connectivity index (χ1v) is 11.0. The van der Waals surface area contributed by atoms with Crippen LogP contribution in [0.25, 0.3) is 0 Å². The number of halogens is 4. The summed E-state index contributed by atoms with van der Waals surface area (Å²) in [5.41, 5.74) is -0.817. The molecule has 6 nitrogen and oxygen atoms in total. The molecule has 1 amide bonds. The Morgan fingerprint density at radius 3 is 2.35 bits per heavy atom. The summed E-state index contributed by atoms with van der Waals surface area (Å²) in [6.07, 6.45) is -3.89. The van der Waals surface area contributed by atoms with Gasteiger partial charge in [0.1, 0.15) is 5.82 Å². The van der Waals surface area contributed by atoms with E-state index >= 15 is 0 Å². The van der Waals surface area contributed by atoms with Crippen molar-refractivity contribution in [2.24, 2.45) is 0 Å². The van der Waals surface area contributed by atoms with Crippen molar-refractivity contribution in [3.05, 3.63) is 59.9 Å². The number of carbonyl (C=O) groups is 1. The Morgan fingerprint density at radius 1 is 1.10 bits per heavy atom. The fourth-order valence-electron chi connectivity index (χ4n) is 3.35. The molecule has 3 rings (SSSR count). The quantitative estimate of drug-likeness (QED) is 0.651. The minimum atomic E-state index is -4.70. The first kappa shape index (κ1) is 23.2. The number of piperidine rings is 1. The van der Waals surface area contributed by atoms with Crippen LogP contribution in [0.5, 0.6) is 0 Å². The second kappa shape index (κ2) is 9.33.